The molecule has 16 heavy (non-hydrogen) atoms. The van der Waals surface area contributed by atoms with Gasteiger partial charge in [-0.05, 0) is 17.7 Å². The molecule has 2 atom stereocenters. The van der Waals surface area contributed by atoms with Crippen molar-refractivity contribution >= 4 is 5.78 Å². The lowest BCUT2D eigenvalue weighted by Crippen LogP contribution is -2.27. The molecule has 0 amide bonds. The van der Waals surface area contributed by atoms with Gasteiger partial charge in [0.25, 0.3) is 5.78 Å². The summed E-state index contributed by atoms with van der Waals surface area (Å²) in [5.41, 5.74) is 0.365. The summed E-state index contributed by atoms with van der Waals surface area (Å²) < 4.78 is 53.2. The molecule has 0 aliphatic carbocycles. The average molecular weight is 234 g/mol. The van der Waals surface area contributed by atoms with Gasteiger partial charge < -0.3 is 4.74 Å². The molecule has 0 aromatic heterocycles. The molecule has 86 valence electrons. The summed E-state index contributed by atoms with van der Waals surface area (Å²) in [4.78, 5) is 10.8. The van der Waals surface area contributed by atoms with Crippen LogP contribution in [0.2, 0.25) is 0 Å². The second kappa shape index (κ2) is 3.55. The van der Waals surface area contributed by atoms with E-state index in [9.17, 15) is 22.4 Å². The minimum absolute atomic E-state index is 0.365. The molecule has 0 saturated carbocycles. The van der Waals surface area contributed by atoms with Crippen molar-refractivity contribution in [2.45, 2.75) is 18.4 Å². The smallest absolute Gasteiger partial charge is 0.356 e. The van der Waals surface area contributed by atoms with Crippen molar-refractivity contribution in [3.63, 3.8) is 0 Å². The molecular formula is C10H6F4O2. The first-order valence-corrected chi connectivity index (χ1v) is 4.41. The predicted octanol–water partition coefficient (Wildman–Crippen LogP) is 2.40. The first-order valence-electron chi connectivity index (χ1n) is 4.41. The molecule has 0 unspecified atom stereocenters. The van der Waals surface area contributed by atoms with Gasteiger partial charge in [-0.25, -0.2) is 4.39 Å². The number of epoxide rings is 1. The molecule has 2 rings (SSSR count). The van der Waals surface area contributed by atoms with E-state index in [1.807, 2.05) is 0 Å². The van der Waals surface area contributed by atoms with Crippen molar-refractivity contribution < 1.29 is 27.1 Å². The number of benzene rings is 1. The molecule has 0 N–H and O–H groups in total. The van der Waals surface area contributed by atoms with Crippen molar-refractivity contribution in [3.8, 4) is 0 Å². The van der Waals surface area contributed by atoms with Crippen LogP contribution in [0, 0.1) is 5.82 Å². The normalized spacial score (nSPS) is 24.2. The Morgan fingerprint density at radius 1 is 1.19 bits per heavy atom. The van der Waals surface area contributed by atoms with Crippen LogP contribution in [0.3, 0.4) is 0 Å². The Morgan fingerprint density at radius 2 is 1.75 bits per heavy atom. The van der Waals surface area contributed by atoms with Gasteiger partial charge in [0.1, 0.15) is 11.9 Å². The Hall–Kier alpha value is -1.43. The van der Waals surface area contributed by atoms with Gasteiger partial charge in [-0.2, -0.15) is 13.2 Å². The fourth-order valence-corrected chi connectivity index (χ4v) is 1.38. The van der Waals surface area contributed by atoms with E-state index in [0.29, 0.717) is 5.56 Å². The number of ketones is 1. The number of Topliss-reactive ketones (excluding diaryl/α,β-unsaturated/α-hetero) is 1. The number of ether oxygens (including phenoxy) is 1. The molecule has 6 heteroatoms. The molecule has 1 aliphatic rings. The van der Waals surface area contributed by atoms with Gasteiger partial charge in [0.05, 0.1) is 0 Å². The molecule has 1 aromatic carbocycles. The van der Waals surface area contributed by atoms with E-state index < -0.39 is 30.0 Å². The zero-order chi connectivity index (χ0) is 11.9. The van der Waals surface area contributed by atoms with Crippen molar-refractivity contribution in [1.82, 2.24) is 0 Å². The Bertz CT molecular complexity index is 410. The summed E-state index contributed by atoms with van der Waals surface area (Å²) in [6.07, 6.45) is -7.28. The first kappa shape index (κ1) is 11.1. The summed E-state index contributed by atoms with van der Waals surface area (Å²) in [5, 5.41) is 0. The average Bonchev–Trinajstić information content (AvgIpc) is 2.96. The molecule has 1 aromatic rings. The zero-order valence-corrected chi connectivity index (χ0v) is 7.79. The lowest BCUT2D eigenvalue weighted by Gasteiger charge is -2.01. The van der Waals surface area contributed by atoms with E-state index >= 15 is 0 Å². The molecule has 0 bridgehead atoms. The number of rotatable bonds is 2. The van der Waals surface area contributed by atoms with E-state index in [2.05, 4.69) is 4.74 Å². The maximum atomic E-state index is 12.5. The van der Waals surface area contributed by atoms with Gasteiger partial charge in [0.15, 0.2) is 6.10 Å². The molecule has 1 aliphatic heterocycles. The molecule has 1 heterocycles. The van der Waals surface area contributed by atoms with Crippen LogP contribution in [0.15, 0.2) is 24.3 Å². The first-order chi connectivity index (χ1) is 7.39. The van der Waals surface area contributed by atoms with Crippen LogP contribution in [0.1, 0.15) is 11.7 Å². The summed E-state index contributed by atoms with van der Waals surface area (Å²) in [6.45, 7) is 0. The summed E-state index contributed by atoms with van der Waals surface area (Å²) in [5.74, 6) is -2.40. The van der Waals surface area contributed by atoms with Crippen molar-refractivity contribution in [1.29, 1.82) is 0 Å². The van der Waals surface area contributed by atoms with Gasteiger partial charge in [-0.3, -0.25) is 4.79 Å². The predicted molar refractivity (Wildman–Crippen MR) is 45.1 cm³/mol. The number of hydrogen-bond acceptors (Lipinski definition) is 2. The largest absolute Gasteiger partial charge is 0.452 e. The van der Waals surface area contributed by atoms with Crippen LogP contribution in [-0.2, 0) is 9.53 Å². The van der Waals surface area contributed by atoms with Crippen LogP contribution in [-0.4, -0.2) is 18.1 Å². The molecule has 1 saturated heterocycles. The van der Waals surface area contributed by atoms with E-state index in [4.69, 9.17) is 0 Å². The van der Waals surface area contributed by atoms with Crippen LogP contribution >= 0.6 is 0 Å². The van der Waals surface area contributed by atoms with Gasteiger partial charge >= 0.3 is 6.18 Å². The number of halogens is 4. The Balaban J connectivity index is 2.07. The molecule has 0 radical (unpaired) electrons. The molecule has 1 fully saturated rings. The third-order valence-corrected chi connectivity index (χ3v) is 2.23. The highest BCUT2D eigenvalue weighted by molar-refractivity contribution is 5.90. The highest BCUT2D eigenvalue weighted by Gasteiger charge is 2.56. The minimum Gasteiger partial charge on any atom is -0.356 e. The van der Waals surface area contributed by atoms with Gasteiger partial charge in [-0.1, -0.05) is 12.1 Å². The Labute approximate surface area is 87.8 Å². The second-order valence-electron chi connectivity index (χ2n) is 3.39. The van der Waals surface area contributed by atoms with Crippen molar-refractivity contribution in [3.05, 3.63) is 35.6 Å². The van der Waals surface area contributed by atoms with Crippen LogP contribution in [0.25, 0.3) is 0 Å². The fraction of sp³-hybridized carbons (Fsp3) is 0.300. The maximum Gasteiger partial charge on any atom is 0.452 e. The Morgan fingerprint density at radius 3 is 2.25 bits per heavy atom. The number of alkyl halides is 3. The van der Waals surface area contributed by atoms with Crippen molar-refractivity contribution in [2.75, 3.05) is 0 Å². The quantitative estimate of drug-likeness (QED) is 0.580. The van der Waals surface area contributed by atoms with Crippen LogP contribution in [0.4, 0.5) is 17.6 Å². The van der Waals surface area contributed by atoms with Gasteiger partial charge in [-0.15, -0.1) is 0 Å². The van der Waals surface area contributed by atoms with E-state index in [1.54, 1.807) is 0 Å². The summed E-state index contributed by atoms with van der Waals surface area (Å²) >= 11 is 0. The molecular weight excluding hydrogens is 228 g/mol. The zero-order valence-electron chi connectivity index (χ0n) is 7.79. The highest BCUT2D eigenvalue weighted by atomic mass is 19.4. The van der Waals surface area contributed by atoms with E-state index in [0.717, 1.165) is 12.1 Å². The number of hydrogen-bond donors (Lipinski definition) is 0. The monoisotopic (exact) mass is 234 g/mol. The van der Waals surface area contributed by atoms with E-state index in [1.165, 1.54) is 12.1 Å². The topological polar surface area (TPSA) is 29.6 Å². The standard InChI is InChI=1S/C10H6F4O2/c11-6-3-1-5(2-4-6)7-8(16-7)9(15)10(12,13)14/h1-4,7-8H/t7-,8+/m1/s1. The summed E-state index contributed by atoms with van der Waals surface area (Å²) in [7, 11) is 0. The summed E-state index contributed by atoms with van der Waals surface area (Å²) in [6, 6.07) is 4.80. The lowest BCUT2D eigenvalue weighted by molar-refractivity contribution is -0.172. The third-order valence-electron chi connectivity index (χ3n) is 2.23. The van der Waals surface area contributed by atoms with Gasteiger partial charge in [0.2, 0.25) is 0 Å². The van der Waals surface area contributed by atoms with Crippen LogP contribution in [0.5, 0.6) is 0 Å². The highest BCUT2D eigenvalue weighted by Crippen LogP contribution is 2.42. The fourth-order valence-electron chi connectivity index (χ4n) is 1.38. The molecule has 2 nitrogen and oxygen atoms in total. The lowest BCUT2D eigenvalue weighted by atomic mass is 10.1. The molecule has 0 spiro atoms. The van der Waals surface area contributed by atoms with E-state index in [-0.39, 0.29) is 0 Å². The number of carbonyl (C=O) groups is 1. The second-order valence-corrected chi connectivity index (χ2v) is 3.39. The third kappa shape index (κ3) is 2.06. The van der Waals surface area contributed by atoms with Crippen LogP contribution < -0.4 is 0 Å². The number of carbonyl (C=O) groups excluding carboxylic acids is 1. The Kier molecular flexibility index (Phi) is 2.46. The SMILES string of the molecule is O=C([C@H]1O[C@@H]1c1ccc(F)cc1)C(F)(F)F. The van der Waals surface area contributed by atoms with Crippen molar-refractivity contribution in [2.24, 2.45) is 0 Å². The van der Waals surface area contributed by atoms with Gasteiger partial charge in [0, 0.05) is 0 Å². The maximum absolute atomic E-state index is 12.5. The minimum atomic E-state index is -4.89.